The van der Waals surface area contributed by atoms with Gasteiger partial charge in [-0.15, -0.1) is 12.3 Å². The van der Waals surface area contributed by atoms with Gasteiger partial charge in [0.1, 0.15) is 0 Å². The van der Waals surface area contributed by atoms with Crippen LogP contribution in [0.5, 0.6) is 0 Å². The van der Waals surface area contributed by atoms with Gasteiger partial charge in [-0.25, -0.2) is 0 Å². The van der Waals surface area contributed by atoms with Crippen molar-refractivity contribution in [3.8, 4) is 12.3 Å². The van der Waals surface area contributed by atoms with Gasteiger partial charge in [-0.2, -0.15) is 0 Å². The van der Waals surface area contributed by atoms with Crippen LogP contribution in [-0.4, -0.2) is 156 Å². The minimum absolute atomic E-state index is 0. The molecule has 1 atom stereocenters. The van der Waals surface area contributed by atoms with Gasteiger partial charge in [0.15, 0.2) is 0 Å². The third-order valence-corrected chi connectivity index (χ3v) is 5.89. The first-order valence-electron chi connectivity index (χ1n) is 12.1. The number of carboxylic acid groups (broad SMARTS) is 3. The van der Waals surface area contributed by atoms with Gasteiger partial charge in [-0.3, -0.25) is 43.6 Å². The van der Waals surface area contributed by atoms with E-state index in [1.165, 1.54) is 0 Å². The number of rotatable bonds is 12. The average molecular weight is 684 g/mol. The maximum absolute atomic E-state index is 12.8. The molecule has 38 heavy (non-hydrogen) atoms. The summed E-state index contributed by atoms with van der Waals surface area (Å²) in [5, 5.41) is 33.0. The molecule has 0 aromatic rings. The molecule has 216 valence electrons. The molecule has 0 spiro atoms. The van der Waals surface area contributed by atoms with Crippen molar-refractivity contribution >= 4 is 29.7 Å². The number of terminal acetylenes is 1. The molecule has 1 fully saturated rings. The molecule has 14 nitrogen and oxygen atoms in total. The van der Waals surface area contributed by atoms with Crippen LogP contribution in [0, 0.1) is 52.3 Å². The van der Waals surface area contributed by atoms with E-state index in [4.69, 9.17) is 6.42 Å². The molecule has 1 aliphatic rings. The SMILES string of the molecule is C#CCCNC(=O)CNC(=O)C(C)N1CCN(CC(=O)O)CCN(CC(=O)O)CCN(CC(=O)O)CC1.[Gd]. The fraction of sp³-hybridized carbons (Fsp3) is 0.696. The second-order valence-electron chi connectivity index (χ2n) is 8.74. The zero-order valence-corrected chi connectivity index (χ0v) is 23.8. The van der Waals surface area contributed by atoms with E-state index in [1.807, 2.05) is 4.90 Å². The van der Waals surface area contributed by atoms with Crippen LogP contribution in [-0.2, 0) is 24.0 Å². The van der Waals surface area contributed by atoms with Crippen LogP contribution in [0.15, 0.2) is 0 Å². The normalized spacial score (nSPS) is 17.5. The molecular formula is C23H38GdN6O8. The number of nitrogens with zero attached hydrogens (tertiary/aromatic N) is 4. The van der Waals surface area contributed by atoms with Gasteiger partial charge in [-0.1, -0.05) is 0 Å². The van der Waals surface area contributed by atoms with Crippen molar-refractivity contribution in [2.45, 2.75) is 19.4 Å². The minimum Gasteiger partial charge on any atom is -0.480 e. The number of amides is 2. The van der Waals surface area contributed by atoms with Crippen LogP contribution in [0.25, 0.3) is 0 Å². The van der Waals surface area contributed by atoms with Gasteiger partial charge in [0, 0.05) is 105 Å². The zero-order valence-electron chi connectivity index (χ0n) is 21.6. The maximum atomic E-state index is 12.8. The predicted octanol–water partition coefficient (Wildman–Crippen LogP) is -2.89. The number of carbonyl (C=O) groups excluding carboxylic acids is 2. The van der Waals surface area contributed by atoms with Crippen molar-refractivity contribution in [1.82, 2.24) is 30.2 Å². The molecule has 1 heterocycles. The summed E-state index contributed by atoms with van der Waals surface area (Å²) < 4.78 is 0. The fourth-order valence-corrected chi connectivity index (χ4v) is 3.81. The number of carbonyl (C=O) groups is 5. The number of nitrogens with one attached hydrogen (secondary N) is 2. The van der Waals surface area contributed by atoms with Crippen LogP contribution < -0.4 is 10.6 Å². The molecule has 1 aliphatic heterocycles. The summed E-state index contributed by atoms with van der Waals surface area (Å²) in [6.07, 6.45) is 5.52. The first kappa shape index (κ1) is 36.1. The van der Waals surface area contributed by atoms with Crippen molar-refractivity contribution in [1.29, 1.82) is 0 Å². The maximum Gasteiger partial charge on any atom is 0.317 e. The number of hydrogen-bond acceptors (Lipinski definition) is 9. The Labute approximate surface area is 254 Å². The van der Waals surface area contributed by atoms with Crippen LogP contribution >= 0.6 is 0 Å². The van der Waals surface area contributed by atoms with Gasteiger partial charge in [-0.05, 0) is 6.92 Å². The summed E-state index contributed by atoms with van der Waals surface area (Å²) in [4.78, 5) is 65.5. The molecule has 0 aromatic heterocycles. The molecule has 1 saturated heterocycles. The fourth-order valence-electron chi connectivity index (χ4n) is 3.81. The van der Waals surface area contributed by atoms with Gasteiger partial charge in [0.05, 0.1) is 32.2 Å². The number of aliphatic carboxylic acids is 3. The summed E-state index contributed by atoms with van der Waals surface area (Å²) in [6, 6.07) is -0.677. The Morgan fingerprint density at radius 1 is 0.763 bits per heavy atom. The van der Waals surface area contributed by atoms with E-state index in [-0.39, 0.29) is 111 Å². The number of hydrogen-bond donors (Lipinski definition) is 5. The zero-order chi connectivity index (χ0) is 27.8. The van der Waals surface area contributed by atoms with Gasteiger partial charge < -0.3 is 26.0 Å². The van der Waals surface area contributed by atoms with E-state index in [0.717, 1.165) is 0 Å². The molecule has 2 amide bonds. The first-order valence-corrected chi connectivity index (χ1v) is 12.1. The summed E-state index contributed by atoms with van der Waals surface area (Å²) in [7, 11) is 0. The van der Waals surface area contributed by atoms with Crippen molar-refractivity contribution < 1.29 is 79.2 Å². The molecule has 5 N–H and O–H groups in total. The van der Waals surface area contributed by atoms with Crippen molar-refractivity contribution in [3.05, 3.63) is 0 Å². The molecule has 0 saturated carbocycles. The Bertz CT molecular complexity index is 807. The third kappa shape index (κ3) is 16.1. The van der Waals surface area contributed by atoms with E-state index in [2.05, 4.69) is 16.6 Å². The Kier molecular flexibility index (Phi) is 19.0. The first-order chi connectivity index (χ1) is 17.5. The molecular weight excluding hydrogens is 646 g/mol. The van der Waals surface area contributed by atoms with Crippen molar-refractivity contribution in [2.24, 2.45) is 0 Å². The quantitative estimate of drug-likeness (QED) is 0.105. The Hall–Kier alpha value is -1.93. The molecule has 15 heteroatoms. The Morgan fingerprint density at radius 2 is 1.16 bits per heavy atom. The second-order valence-corrected chi connectivity index (χ2v) is 8.74. The summed E-state index contributed by atoms with van der Waals surface area (Å²) in [5.41, 5.74) is 0. The van der Waals surface area contributed by atoms with Gasteiger partial charge in [0.25, 0.3) is 0 Å². The topological polar surface area (TPSA) is 183 Å². The van der Waals surface area contributed by atoms with Crippen molar-refractivity contribution in [3.63, 3.8) is 0 Å². The molecule has 1 unspecified atom stereocenters. The molecule has 0 bridgehead atoms. The van der Waals surface area contributed by atoms with E-state index in [9.17, 15) is 39.3 Å². The molecule has 0 aliphatic carbocycles. The molecule has 0 aromatic carbocycles. The average Bonchev–Trinajstić information content (AvgIpc) is 2.81. The van der Waals surface area contributed by atoms with Crippen LogP contribution in [0.2, 0.25) is 0 Å². The monoisotopic (exact) mass is 684 g/mol. The van der Waals surface area contributed by atoms with Crippen LogP contribution in [0.1, 0.15) is 13.3 Å². The summed E-state index contributed by atoms with van der Waals surface area (Å²) >= 11 is 0. The summed E-state index contributed by atoms with van der Waals surface area (Å²) in [5.74, 6) is -1.47. The van der Waals surface area contributed by atoms with Crippen LogP contribution in [0.4, 0.5) is 0 Å². The van der Waals surface area contributed by atoms with Gasteiger partial charge in [0.2, 0.25) is 11.8 Å². The van der Waals surface area contributed by atoms with Gasteiger partial charge >= 0.3 is 17.9 Å². The van der Waals surface area contributed by atoms with Crippen LogP contribution in [0.3, 0.4) is 0 Å². The molecule has 1 rings (SSSR count). The van der Waals surface area contributed by atoms with E-state index >= 15 is 0 Å². The van der Waals surface area contributed by atoms with E-state index < -0.39 is 29.9 Å². The number of carboxylic acids is 3. The van der Waals surface area contributed by atoms with E-state index in [1.54, 1.807) is 21.6 Å². The third-order valence-electron chi connectivity index (χ3n) is 5.89. The largest absolute Gasteiger partial charge is 0.480 e. The standard InChI is InChI=1S/C23H38N6O8.Gd/c1-3-4-5-24-19(30)14-25-23(37)18(2)29-12-10-27(16-21(33)34)8-6-26(15-20(31)32)7-9-28(11-13-29)17-22(35)36;/h1,18H,4-17H2,2H3,(H,24,30)(H,25,37)(H,31,32)(H,33,34)(H,35,36);. The smallest absolute Gasteiger partial charge is 0.317 e. The Morgan fingerprint density at radius 3 is 1.53 bits per heavy atom. The van der Waals surface area contributed by atoms with Crippen molar-refractivity contribution in [2.75, 3.05) is 85.1 Å². The minimum atomic E-state index is -1.03. The molecule has 0 radical (unpaired) electrons. The predicted molar refractivity (Wildman–Crippen MR) is 133 cm³/mol. The summed E-state index contributed by atoms with van der Waals surface area (Å²) in [6.45, 7) is 3.30. The second kappa shape index (κ2) is 20.0. The Balaban J connectivity index is 0.0000137. The van der Waals surface area contributed by atoms with E-state index in [0.29, 0.717) is 26.1 Å².